The number of benzene rings is 2. The molecule has 38 heavy (non-hydrogen) atoms. The minimum absolute atomic E-state index is 0.361. The van der Waals surface area contributed by atoms with Crippen LogP contribution in [-0.4, -0.2) is 73.0 Å². The van der Waals surface area contributed by atoms with Crippen LogP contribution in [0.1, 0.15) is 19.4 Å². The highest BCUT2D eigenvalue weighted by Gasteiger charge is 2.21. The fraction of sp³-hybridized carbons (Fsp3) is 0.385. The van der Waals surface area contributed by atoms with Gasteiger partial charge in [-0.05, 0) is 25.5 Å². The van der Waals surface area contributed by atoms with Gasteiger partial charge in [0.2, 0.25) is 10.0 Å². The van der Waals surface area contributed by atoms with Crippen LogP contribution in [0.5, 0.6) is 11.5 Å². The SMILES string of the molecule is CCOc1cc(N2CCOCC2)c(OCC)cc1NC(=O)COC(=O)CNS(=O)(=O)C=Cc1ccccc1. The van der Waals surface area contributed by atoms with E-state index in [-0.39, 0.29) is 0 Å². The molecule has 0 aliphatic carbocycles. The lowest BCUT2D eigenvalue weighted by atomic mass is 10.2. The Labute approximate surface area is 222 Å². The van der Waals surface area contributed by atoms with Crippen LogP contribution in [0, 0.1) is 0 Å². The number of esters is 1. The van der Waals surface area contributed by atoms with Crippen molar-refractivity contribution in [1.29, 1.82) is 0 Å². The maximum absolute atomic E-state index is 12.5. The smallest absolute Gasteiger partial charge is 0.321 e. The van der Waals surface area contributed by atoms with Crippen molar-refractivity contribution < 1.29 is 37.0 Å². The summed E-state index contributed by atoms with van der Waals surface area (Å²) in [5.41, 5.74) is 1.88. The highest BCUT2D eigenvalue weighted by molar-refractivity contribution is 7.92. The lowest BCUT2D eigenvalue weighted by Gasteiger charge is -2.31. The number of hydrogen-bond donors (Lipinski definition) is 2. The molecule has 12 heteroatoms. The van der Waals surface area contributed by atoms with Crippen molar-refractivity contribution in [1.82, 2.24) is 4.72 Å². The van der Waals surface area contributed by atoms with Crippen LogP contribution in [0.3, 0.4) is 0 Å². The molecule has 2 aromatic rings. The van der Waals surface area contributed by atoms with Gasteiger partial charge in [-0.1, -0.05) is 30.3 Å². The van der Waals surface area contributed by atoms with Crippen LogP contribution in [-0.2, 0) is 29.1 Å². The van der Waals surface area contributed by atoms with Gasteiger partial charge in [-0.2, -0.15) is 0 Å². The molecular formula is C26H33N3O8S. The predicted octanol–water partition coefficient (Wildman–Crippen LogP) is 2.39. The summed E-state index contributed by atoms with van der Waals surface area (Å²) < 4.78 is 48.2. The molecule has 0 bridgehead atoms. The molecule has 1 amide bonds. The molecule has 0 radical (unpaired) electrons. The van der Waals surface area contributed by atoms with Crippen molar-refractivity contribution in [3.63, 3.8) is 0 Å². The largest absolute Gasteiger partial charge is 0.492 e. The number of anilines is 2. The maximum atomic E-state index is 12.5. The molecule has 1 aliphatic heterocycles. The van der Waals surface area contributed by atoms with Gasteiger partial charge in [-0.25, -0.2) is 13.1 Å². The normalized spacial score (nSPS) is 13.8. The summed E-state index contributed by atoms with van der Waals surface area (Å²) in [5.74, 6) is -0.509. The monoisotopic (exact) mass is 547 g/mol. The molecule has 0 spiro atoms. The van der Waals surface area contributed by atoms with E-state index in [4.69, 9.17) is 18.9 Å². The highest BCUT2D eigenvalue weighted by atomic mass is 32.2. The van der Waals surface area contributed by atoms with E-state index in [0.717, 1.165) is 11.1 Å². The third kappa shape index (κ3) is 9.05. The highest BCUT2D eigenvalue weighted by Crippen LogP contribution is 2.39. The lowest BCUT2D eigenvalue weighted by Crippen LogP contribution is -2.36. The van der Waals surface area contributed by atoms with Gasteiger partial charge >= 0.3 is 5.97 Å². The average molecular weight is 548 g/mol. The molecule has 0 unspecified atom stereocenters. The summed E-state index contributed by atoms with van der Waals surface area (Å²) in [4.78, 5) is 26.7. The number of carbonyl (C=O) groups excluding carboxylic acids is 2. The first-order valence-corrected chi connectivity index (χ1v) is 13.8. The molecule has 1 aliphatic rings. The fourth-order valence-corrected chi connectivity index (χ4v) is 4.32. The number of sulfonamides is 1. The number of ether oxygens (including phenoxy) is 4. The maximum Gasteiger partial charge on any atom is 0.321 e. The van der Waals surface area contributed by atoms with Gasteiger partial charge in [0.1, 0.15) is 18.0 Å². The first kappa shape index (κ1) is 29.0. The number of hydrogen-bond acceptors (Lipinski definition) is 9. The molecule has 1 saturated heterocycles. The van der Waals surface area contributed by atoms with Gasteiger partial charge in [0, 0.05) is 30.6 Å². The Kier molecular flexibility index (Phi) is 10.9. The summed E-state index contributed by atoms with van der Waals surface area (Å²) >= 11 is 0. The van der Waals surface area contributed by atoms with E-state index in [2.05, 4.69) is 14.9 Å². The van der Waals surface area contributed by atoms with Gasteiger partial charge in [-0.15, -0.1) is 0 Å². The van der Waals surface area contributed by atoms with E-state index in [9.17, 15) is 18.0 Å². The number of morpholine rings is 1. The molecule has 1 fully saturated rings. The van der Waals surface area contributed by atoms with Crippen molar-refractivity contribution in [3.8, 4) is 11.5 Å². The number of amides is 1. The van der Waals surface area contributed by atoms with Crippen LogP contribution in [0.4, 0.5) is 11.4 Å². The van der Waals surface area contributed by atoms with Crippen LogP contribution in [0.25, 0.3) is 6.08 Å². The first-order valence-electron chi connectivity index (χ1n) is 12.3. The third-order valence-corrected chi connectivity index (χ3v) is 6.35. The van der Waals surface area contributed by atoms with Crippen molar-refractivity contribution in [3.05, 3.63) is 53.4 Å². The molecule has 3 rings (SSSR count). The molecule has 1 heterocycles. The zero-order valence-electron chi connectivity index (χ0n) is 21.5. The van der Waals surface area contributed by atoms with Gasteiger partial charge in [0.15, 0.2) is 6.61 Å². The Morgan fingerprint density at radius 3 is 2.39 bits per heavy atom. The minimum Gasteiger partial charge on any atom is -0.492 e. The number of nitrogens with one attached hydrogen (secondary N) is 2. The summed E-state index contributed by atoms with van der Waals surface area (Å²) in [5, 5.41) is 3.63. The second kappa shape index (κ2) is 14.4. The fourth-order valence-electron chi connectivity index (χ4n) is 3.57. The predicted molar refractivity (Wildman–Crippen MR) is 144 cm³/mol. The molecule has 2 aromatic carbocycles. The van der Waals surface area contributed by atoms with Crippen LogP contribution < -0.4 is 24.4 Å². The van der Waals surface area contributed by atoms with Crippen molar-refractivity contribution >= 4 is 39.4 Å². The van der Waals surface area contributed by atoms with Gasteiger partial charge in [0.25, 0.3) is 5.91 Å². The van der Waals surface area contributed by atoms with Gasteiger partial charge < -0.3 is 29.2 Å². The van der Waals surface area contributed by atoms with Gasteiger partial charge in [-0.3, -0.25) is 9.59 Å². The van der Waals surface area contributed by atoms with Gasteiger partial charge in [0.05, 0.1) is 37.8 Å². The van der Waals surface area contributed by atoms with E-state index in [1.54, 1.807) is 36.4 Å². The van der Waals surface area contributed by atoms with Crippen molar-refractivity contribution in [2.75, 3.05) is 62.9 Å². The second-order valence-corrected chi connectivity index (χ2v) is 9.72. The van der Waals surface area contributed by atoms with Crippen molar-refractivity contribution in [2.45, 2.75) is 13.8 Å². The number of nitrogens with zero attached hydrogens (tertiary/aromatic N) is 1. The molecule has 2 N–H and O–H groups in total. The van der Waals surface area contributed by atoms with E-state index < -0.39 is 35.1 Å². The van der Waals surface area contributed by atoms with Crippen LogP contribution in [0.2, 0.25) is 0 Å². The van der Waals surface area contributed by atoms with E-state index >= 15 is 0 Å². The van der Waals surface area contributed by atoms with E-state index in [1.165, 1.54) is 6.08 Å². The number of carbonyl (C=O) groups is 2. The zero-order chi connectivity index (χ0) is 27.4. The first-order chi connectivity index (χ1) is 18.3. The summed E-state index contributed by atoms with van der Waals surface area (Å²) in [6, 6.07) is 12.3. The summed E-state index contributed by atoms with van der Waals surface area (Å²) in [6.07, 6.45) is 1.40. The lowest BCUT2D eigenvalue weighted by molar-refractivity contribution is -0.146. The Morgan fingerprint density at radius 2 is 1.71 bits per heavy atom. The quantitative estimate of drug-likeness (QED) is 0.363. The number of rotatable bonds is 13. The topological polar surface area (TPSA) is 132 Å². The van der Waals surface area contributed by atoms with E-state index in [0.29, 0.717) is 62.3 Å². The molecule has 206 valence electrons. The standard InChI is InChI=1S/C26H33N3O8S/c1-3-35-23-17-22(29-11-13-34-14-12-29)24(36-4-2)16-21(23)28-25(30)19-37-26(31)18-27-38(32,33)15-10-20-8-6-5-7-9-20/h5-10,15-17,27H,3-4,11-14,18-19H2,1-2H3,(H,28,30). The Morgan fingerprint density at radius 1 is 1.03 bits per heavy atom. The molecule has 0 saturated carbocycles. The Balaban J connectivity index is 1.58. The molecular weight excluding hydrogens is 514 g/mol. The molecule has 11 nitrogen and oxygen atoms in total. The molecule has 0 aromatic heterocycles. The summed E-state index contributed by atoms with van der Waals surface area (Å²) in [6.45, 7) is 5.83. The third-order valence-electron chi connectivity index (χ3n) is 5.31. The average Bonchev–Trinajstić information content (AvgIpc) is 2.92. The minimum atomic E-state index is -3.87. The van der Waals surface area contributed by atoms with Crippen molar-refractivity contribution in [2.24, 2.45) is 0 Å². The Hall–Kier alpha value is -3.61. The van der Waals surface area contributed by atoms with Crippen LogP contribution in [0.15, 0.2) is 47.9 Å². The zero-order valence-corrected chi connectivity index (χ0v) is 22.3. The van der Waals surface area contributed by atoms with Crippen LogP contribution >= 0.6 is 0 Å². The Bertz CT molecular complexity index is 1210. The molecule has 0 atom stereocenters. The second-order valence-electron chi connectivity index (χ2n) is 8.07. The van der Waals surface area contributed by atoms with E-state index in [1.807, 2.05) is 19.9 Å². The summed E-state index contributed by atoms with van der Waals surface area (Å²) in [7, 11) is -3.87.